The van der Waals surface area contributed by atoms with Crippen LogP contribution >= 0.6 is 11.6 Å². The van der Waals surface area contributed by atoms with Gasteiger partial charge in [-0.3, -0.25) is 19.7 Å². The summed E-state index contributed by atoms with van der Waals surface area (Å²) >= 11 is 6.48. The molecule has 1 aliphatic heterocycles. The molecule has 0 bridgehead atoms. The van der Waals surface area contributed by atoms with Crippen LogP contribution in [0.3, 0.4) is 0 Å². The first-order valence-electron chi connectivity index (χ1n) is 12.8. The quantitative estimate of drug-likeness (QED) is 0.253. The van der Waals surface area contributed by atoms with E-state index in [9.17, 15) is 19.2 Å². The number of halogens is 1. The van der Waals surface area contributed by atoms with Crippen molar-refractivity contribution in [3.63, 3.8) is 0 Å². The first-order valence-corrected chi connectivity index (χ1v) is 13.2. The molecule has 10 nitrogen and oxygen atoms in total. The van der Waals surface area contributed by atoms with Gasteiger partial charge in [0, 0.05) is 5.69 Å². The van der Waals surface area contributed by atoms with Gasteiger partial charge in [0.05, 0.1) is 23.9 Å². The normalized spacial score (nSPS) is 14.1. The van der Waals surface area contributed by atoms with Gasteiger partial charge in [0.1, 0.15) is 11.3 Å². The minimum Gasteiger partial charge on any atom is -0.494 e. The van der Waals surface area contributed by atoms with Crippen LogP contribution in [-0.2, 0) is 14.4 Å². The predicted molar refractivity (Wildman–Crippen MR) is 155 cm³/mol. The molecular formula is C30H28ClN3O7. The molecule has 1 aliphatic rings. The zero-order valence-corrected chi connectivity index (χ0v) is 23.4. The Labute approximate surface area is 241 Å². The van der Waals surface area contributed by atoms with Gasteiger partial charge in [0.2, 0.25) is 0 Å². The summed E-state index contributed by atoms with van der Waals surface area (Å²) in [5, 5.41) is 5.01. The van der Waals surface area contributed by atoms with Crippen LogP contribution in [-0.4, -0.2) is 43.6 Å². The Bertz CT molecular complexity index is 1500. The molecule has 5 amide bonds. The maximum absolute atomic E-state index is 13.3. The number of carbonyl (C=O) groups is 4. The highest BCUT2D eigenvalue weighted by molar-refractivity contribution is 6.39. The highest BCUT2D eigenvalue weighted by atomic mass is 35.5. The monoisotopic (exact) mass is 577 g/mol. The van der Waals surface area contributed by atoms with Crippen molar-refractivity contribution in [3.8, 4) is 17.2 Å². The maximum Gasteiger partial charge on any atom is 0.335 e. The number of barbiturate groups is 1. The molecule has 41 heavy (non-hydrogen) atoms. The third-order valence-electron chi connectivity index (χ3n) is 5.83. The number of imide groups is 2. The van der Waals surface area contributed by atoms with E-state index in [1.54, 1.807) is 43.3 Å². The lowest BCUT2D eigenvalue weighted by atomic mass is 10.1. The molecule has 0 aromatic heterocycles. The van der Waals surface area contributed by atoms with Gasteiger partial charge < -0.3 is 19.5 Å². The minimum atomic E-state index is -0.873. The highest BCUT2D eigenvalue weighted by Crippen LogP contribution is 2.37. The summed E-state index contributed by atoms with van der Waals surface area (Å²) in [6.45, 7) is 5.91. The lowest BCUT2D eigenvalue weighted by Gasteiger charge is -2.26. The number of nitrogens with zero attached hydrogens (tertiary/aromatic N) is 1. The first kappa shape index (κ1) is 29.2. The number of hydrogen-bond donors (Lipinski definition) is 2. The van der Waals surface area contributed by atoms with Gasteiger partial charge in [-0.2, -0.15) is 0 Å². The van der Waals surface area contributed by atoms with Crippen LogP contribution in [0.1, 0.15) is 25.0 Å². The van der Waals surface area contributed by atoms with Crippen LogP contribution in [0.2, 0.25) is 5.02 Å². The van der Waals surface area contributed by atoms with E-state index in [1.165, 1.54) is 18.2 Å². The Balaban J connectivity index is 1.56. The average molecular weight is 578 g/mol. The number of nitrogens with one attached hydrogen (secondary N) is 2. The lowest BCUT2D eigenvalue weighted by molar-refractivity contribution is -0.122. The van der Waals surface area contributed by atoms with Gasteiger partial charge in [-0.1, -0.05) is 29.3 Å². The van der Waals surface area contributed by atoms with Gasteiger partial charge in [-0.05, 0) is 80.9 Å². The van der Waals surface area contributed by atoms with Crippen molar-refractivity contribution in [2.24, 2.45) is 0 Å². The fraction of sp³-hybridized carbons (Fsp3) is 0.200. The number of carbonyl (C=O) groups excluding carboxylic acids is 4. The molecular weight excluding hydrogens is 550 g/mol. The Morgan fingerprint density at radius 2 is 1.63 bits per heavy atom. The van der Waals surface area contributed by atoms with Gasteiger partial charge in [0.25, 0.3) is 17.7 Å². The summed E-state index contributed by atoms with van der Waals surface area (Å²) in [4.78, 5) is 51.8. The third-order valence-corrected chi connectivity index (χ3v) is 6.11. The van der Waals surface area contributed by atoms with Crippen LogP contribution in [0.5, 0.6) is 17.2 Å². The Kier molecular flexibility index (Phi) is 9.26. The smallest absolute Gasteiger partial charge is 0.335 e. The average Bonchev–Trinajstić information content (AvgIpc) is 2.93. The molecule has 1 heterocycles. The van der Waals surface area contributed by atoms with Gasteiger partial charge in [-0.25, -0.2) is 9.69 Å². The fourth-order valence-electron chi connectivity index (χ4n) is 3.96. The summed E-state index contributed by atoms with van der Waals surface area (Å²) in [5.74, 6) is -1.17. The van der Waals surface area contributed by atoms with Crippen molar-refractivity contribution in [1.29, 1.82) is 0 Å². The molecule has 2 N–H and O–H groups in total. The minimum absolute atomic E-state index is 0.0917. The van der Waals surface area contributed by atoms with Crippen LogP contribution in [0.25, 0.3) is 6.08 Å². The van der Waals surface area contributed by atoms with Crippen molar-refractivity contribution in [2.45, 2.75) is 20.8 Å². The Morgan fingerprint density at radius 1 is 0.951 bits per heavy atom. The summed E-state index contributed by atoms with van der Waals surface area (Å²) in [5.41, 5.74) is 1.99. The molecule has 0 aliphatic carbocycles. The second-order valence-electron chi connectivity index (χ2n) is 8.85. The molecule has 1 saturated heterocycles. The maximum atomic E-state index is 13.3. The largest absolute Gasteiger partial charge is 0.494 e. The molecule has 0 unspecified atom stereocenters. The van der Waals surface area contributed by atoms with E-state index in [0.29, 0.717) is 23.6 Å². The molecule has 0 radical (unpaired) electrons. The van der Waals surface area contributed by atoms with Crippen LogP contribution in [0.4, 0.5) is 16.2 Å². The summed E-state index contributed by atoms with van der Waals surface area (Å²) in [7, 11) is 0. The van der Waals surface area contributed by atoms with Crippen LogP contribution < -0.4 is 29.7 Å². The fourth-order valence-corrected chi connectivity index (χ4v) is 4.24. The zero-order valence-electron chi connectivity index (χ0n) is 22.7. The van der Waals surface area contributed by atoms with E-state index in [0.717, 1.165) is 10.5 Å². The molecule has 212 valence electrons. The number of urea groups is 1. The van der Waals surface area contributed by atoms with E-state index < -0.39 is 23.8 Å². The van der Waals surface area contributed by atoms with Crippen molar-refractivity contribution in [1.82, 2.24) is 5.32 Å². The van der Waals surface area contributed by atoms with Gasteiger partial charge in [-0.15, -0.1) is 0 Å². The Morgan fingerprint density at radius 3 is 2.29 bits per heavy atom. The molecule has 4 rings (SSSR count). The van der Waals surface area contributed by atoms with Gasteiger partial charge in [0.15, 0.2) is 18.1 Å². The molecule has 0 atom stereocenters. The second-order valence-corrected chi connectivity index (χ2v) is 9.26. The SMILES string of the molecule is CCOc1ccc(N2C(=O)NC(=O)/C(=C\c3cc(Cl)c(OCC(=O)Nc4ccc(C)cc4)c(OCC)c3)C2=O)cc1. The number of anilines is 2. The zero-order chi connectivity index (χ0) is 29.5. The molecule has 1 fully saturated rings. The molecule has 0 spiro atoms. The van der Waals surface area contributed by atoms with Crippen molar-refractivity contribution < 1.29 is 33.4 Å². The van der Waals surface area contributed by atoms with Crippen LogP contribution in [0, 0.1) is 6.92 Å². The summed E-state index contributed by atoms with van der Waals surface area (Å²) < 4.78 is 16.8. The molecule has 3 aromatic rings. The van der Waals surface area contributed by atoms with E-state index in [-0.39, 0.29) is 41.0 Å². The second kappa shape index (κ2) is 13.0. The number of amides is 5. The number of aryl methyl sites for hydroxylation is 1. The van der Waals surface area contributed by atoms with Crippen molar-refractivity contribution in [3.05, 3.63) is 82.4 Å². The van der Waals surface area contributed by atoms with E-state index >= 15 is 0 Å². The number of rotatable bonds is 10. The number of hydrogen-bond acceptors (Lipinski definition) is 7. The van der Waals surface area contributed by atoms with Crippen LogP contribution in [0.15, 0.2) is 66.2 Å². The molecule has 11 heteroatoms. The van der Waals surface area contributed by atoms with Gasteiger partial charge >= 0.3 is 6.03 Å². The number of ether oxygens (including phenoxy) is 3. The Hall–Kier alpha value is -4.83. The highest BCUT2D eigenvalue weighted by Gasteiger charge is 2.37. The first-order chi connectivity index (χ1) is 19.7. The summed E-state index contributed by atoms with van der Waals surface area (Å²) in [6.07, 6.45) is 1.30. The summed E-state index contributed by atoms with van der Waals surface area (Å²) in [6, 6.07) is 15.7. The van der Waals surface area contributed by atoms with E-state index in [2.05, 4.69) is 10.6 Å². The molecule has 3 aromatic carbocycles. The van der Waals surface area contributed by atoms with Crippen molar-refractivity contribution >= 4 is 52.8 Å². The van der Waals surface area contributed by atoms with E-state index in [1.807, 2.05) is 26.0 Å². The van der Waals surface area contributed by atoms with E-state index in [4.69, 9.17) is 25.8 Å². The third kappa shape index (κ3) is 7.03. The predicted octanol–water partition coefficient (Wildman–Crippen LogP) is 5.13. The topological polar surface area (TPSA) is 123 Å². The number of benzene rings is 3. The lowest BCUT2D eigenvalue weighted by Crippen LogP contribution is -2.54. The molecule has 0 saturated carbocycles. The standard InChI is InChI=1S/C30H28ClN3O7/c1-4-39-22-12-10-21(11-13-22)34-29(37)23(28(36)33-30(34)38)14-19-15-24(31)27(25(16-19)40-5-2)41-17-26(35)32-20-8-6-18(3)7-9-20/h6-16H,4-5,17H2,1-3H3,(H,32,35)(H,33,36,38)/b23-14+. The van der Waals surface area contributed by atoms with Crippen molar-refractivity contribution in [2.75, 3.05) is 30.0 Å².